The highest BCUT2D eigenvalue weighted by atomic mass is 16.1. The average molecular weight is 397 g/mol. The van der Waals surface area contributed by atoms with Crippen LogP contribution in [0.4, 0.5) is 0 Å². The van der Waals surface area contributed by atoms with Gasteiger partial charge in [-0.2, -0.15) is 0 Å². The molecule has 6 heteroatoms. The summed E-state index contributed by atoms with van der Waals surface area (Å²) < 4.78 is 0. The summed E-state index contributed by atoms with van der Waals surface area (Å²) >= 11 is 0. The van der Waals surface area contributed by atoms with Gasteiger partial charge in [0.05, 0.1) is 22.6 Å². The largest absolute Gasteiger partial charge is 0.366 e. The molecule has 0 spiro atoms. The number of nitrogens with two attached hydrogens (primary N) is 1. The summed E-state index contributed by atoms with van der Waals surface area (Å²) in [4.78, 5) is 23.7. The SMILES string of the molecule is Cc1cccc(C2=C(c3ccnc4ccc(C(N)=O)cc34)N3C4CCC(C4)C3N2)n1. The molecule has 3 unspecified atom stereocenters. The second-order valence-corrected chi connectivity index (χ2v) is 8.57. The quantitative estimate of drug-likeness (QED) is 0.709. The number of benzene rings is 1. The van der Waals surface area contributed by atoms with E-state index in [2.05, 4.69) is 27.3 Å². The molecule has 3 atom stereocenters. The van der Waals surface area contributed by atoms with E-state index in [1.54, 1.807) is 6.07 Å². The molecule has 0 radical (unpaired) electrons. The minimum absolute atomic E-state index is 0.304. The van der Waals surface area contributed by atoms with Crippen molar-refractivity contribution in [3.05, 3.63) is 71.2 Å². The van der Waals surface area contributed by atoms with Crippen LogP contribution in [0.25, 0.3) is 22.3 Å². The molecular formula is C24H23N5O. The highest BCUT2D eigenvalue weighted by Gasteiger charge is 2.51. The van der Waals surface area contributed by atoms with E-state index in [4.69, 9.17) is 10.7 Å². The smallest absolute Gasteiger partial charge is 0.248 e. The zero-order valence-corrected chi connectivity index (χ0v) is 16.8. The van der Waals surface area contributed by atoms with Crippen LogP contribution in [-0.2, 0) is 0 Å². The molecular weight excluding hydrogens is 374 g/mol. The van der Waals surface area contributed by atoms with Gasteiger partial charge in [0, 0.05) is 34.4 Å². The normalized spacial score (nSPS) is 24.4. The summed E-state index contributed by atoms with van der Waals surface area (Å²) in [6, 6.07) is 14.2. The van der Waals surface area contributed by atoms with Crippen molar-refractivity contribution in [1.29, 1.82) is 0 Å². The van der Waals surface area contributed by atoms with E-state index in [-0.39, 0.29) is 0 Å². The monoisotopic (exact) mass is 397 g/mol. The van der Waals surface area contributed by atoms with E-state index < -0.39 is 5.91 Å². The molecule has 3 N–H and O–H groups in total. The number of amides is 1. The summed E-state index contributed by atoms with van der Waals surface area (Å²) in [5, 5.41) is 4.75. The van der Waals surface area contributed by atoms with Gasteiger partial charge in [-0.3, -0.25) is 14.8 Å². The van der Waals surface area contributed by atoms with Crippen molar-refractivity contribution in [2.75, 3.05) is 0 Å². The highest BCUT2D eigenvalue weighted by molar-refractivity contribution is 6.03. The van der Waals surface area contributed by atoms with Crippen molar-refractivity contribution in [1.82, 2.24) is 20.2 Å². The van der Waals surface area contributed by atoms with Crippen LogP contribution >= 0.6 is 0 Å². The fraction of sp³-hybridized carbons (Fsp3) is 0.292. The van der Waals surface area contributed by atoms with Gasteiger partial charge in [-0.05, 0) is 68.5 Å². The number of piperidine rings is 1. The van der Waals surface area contributed by atoms with Crippen LogP contribution in [0.3, 0.4) is 0 Å². The molecule has 1 amide bonds. The van der Waals surface area contributed by atoms with Crippen LogP contribution < -0.4 is 11.1 Å². The fourth-order valence-electron chi connectivity index (χ4n) is 5.50. The number of hydrogen-bond donors (Lipinski definition) is 2. The third-order valence-corrected chi connectivity index (χ3v) is 6.80. The second kappa shape index (κ2) is 6.29. The number of carbonyl (C=O) groups is 1. The average Bonchev–Trinajstić information content (AvgIpc) is 3.45. The van der Waals surface area contributed by atoms with E-state index in [1.807, 2.05) is 37.4 Å². The molecule has 1 aliphatic carbocycles. The Hall–Kier alpha value is -3.41. The number of aromatic nitrogens is 2. The van der Waals surface area contributed by atoms with Gasteiger partial charge in [-0.1, -0.05) is 6.07 Å². The van der Waals surface area contributed by atoms with Gasteiger partial charge in [0.2, 0.25) is 5.91 Å². The molecule has 2 bridgehead atoms. The molecule has 6 rings (SSSR count). The van der Waals surface area contributed by atoms with Gasteiger partial charge in [-0.25, -0.2) is 0 Å². The number of fused-ring (bicyclic) bond motifs is 6. The van der Waals surface area contributed by atoms with Crippen molar-refractivity contribution >= 4 is 28.2 Å². The van der Waals surface area contributed by atoms with Crippen molar-refractivity contribution in [3.8, 4) is 0 Å². The Morgan fingerprint density at radius 2 is 2.10 bits per heavy atom. The first-order valence-corrected chi connectivity index (χ1v) is 10.5. The second-order valence-electron chi connectivity index (χ2n) is 8.57. The number of pyridine rings is 2. The van der Waals surface area contributed by atoms with E-state index in [9.17, 15) is 4.79 Å². The third kappa shape index (κ3) is 2.46. The molecule has 2 aromatic heterocycles. The molecule has 2 aliphatic heterocycles. The van der Waals surface area contributed by atoms with E-state index in [0.29, 0.717) is 23.7 Å². The Morgan fingerprint density at radius 3 is 2.93 bits per heavy atom. The summed E-state index contributed by atoms with van der Waals surface area (Å²) in [7, 11) is 0. The van der Waals surface area contributed by atoms with Gasteiger partial charge in [0.1, 0.15) is 6.17 Å². The van der Waals surface area contributed by atoms with Crippen LogP contribution in [0.2, 0.25) is 0 Å². The Labute approximate surface area is 174 Å². The first-order valence-electron chi connectivity index (χ1n) is 10.5. The lowest BCUT2D eigenvalue weighted by Crippen LogP contribution is -2.41. The topological polar surface area (TPSA) is 84.1 Å². The van der Waals surface area contributed by atoms with Crippen LogP contribution in [0.5, 0.6) is 0 Å². The van der Waals surface area contributed by atoms with Gasteiger partial charge in [0.25, 0.3) is 0 Å². The zero-order valence-electron chi connectivity index (χ0n) is 16.8. The molecule has 3 aromatic rings. The summed E-state index contributed by atoms with van der Waals surface area (Å²) in [5.74, 6) is 0.227. The summed E-state index contributed by atoms with van der Waals surface area (Å²) in [6.07, 6.45) is 5.86. The zero-order chi connectivity index (χ0) is 20.4. The van der Waals surface area contributed by atoms with Gasteiger partial charge in [-0.15, -0.1) is 0 Å². The van der Waals surface area contributed by atoms with E-state index in [0.717, 1.165) is 33.6 Å². The number of nitrogens with one attached hydrogen (secondary N) is 1. The lowest BCUT2D eigenvalue weighted by atomic mass is 10.00. The predicted molar refractivity (Wildman–Crippen MR) is 116 cm³/mol. The van der Waals surface area contributed by atoms with Crippen molar-refractivity contribution in [3.63, 3.8) is 0 Å². The first-order chi connectivity index (χ1) is 14.6. The predicted octanol–water partition coefficient (Wildman–Crippen LogP) is 3.28. The number of primary amides is 1. The molecule has 30 heavy (non-hydrogen) atoms. The van der Waals surface area contributed by atoms with E-state index >= 15 is 0 Å². The van der Waals surface area contributed by atoms with Crippen LogP contribution in [0.15, 0.2) is 48.7 Å². The van der Waals surface area contributed by atoms with Gasteiger partial charge >= 0.3 is 0 Å². The maximum absolute atomic E-state index is 11.8. The molecule has 1 aromatic carbocycles. The lowest BCUT2D eigenvalue weighted by molar-refractivity contribution is 0.100. The standard InChI is InChI=1S/C24H23N5O/c1-13-3-2-4-20(27-13)21-22(29-16-7-5-15(11-16)24(29)28-21)17-9-10-26-19-8-6-14(23(25)30)12-18(17)19/h2-4,6,8-10,12,15-16,24,28H,5,7,11H2,1H3,(H2,25,30). The van der Waals surface area contributed by atoms with Crippen LogP contribution in [0, 0.1) is 12.8 Å². The van der Waals surface area contributed by atoms with Crippen molar-refractivity contribution in [2.24, 2.45) is 11.7 Å². The molecule has 2 fully saturated rings. The Kier molecular flexibility index (Phi) is 3.66. The number of aryl methyl sites for hydroxylation is 1. The minimum Gasteiger partial charge on any atom is -0.366 e. The molecule has 1 saturated heterocycles. The molecule has 6 nitrogen and oxygen atoms in total. The third-order valence-electron chi connectivity index (χ3n) is 6.80. The van der Waals surface area contributed by atoms with Crippen LogP contribution in [-0.4, -0.2) is 33.0 Å². The van der Waals surface area contributed by atoms with Gasteiger partial charge < -0.3 is 16.0 Å². The maximum atomic E-state index is 11.8. The fourth-order valence-corrected chi connectivity index (χ4v) is 5.50. The number of rotatable bonds is 3. The lowest BCUT2D eigenvalue weighted by Gasteiger charge is -2.33. The van der Waals surface area contributed by atoms with Gasteiger partial charge in [0.15, 0.2) is 0 Å². The summed E-state index contributed by atoms with van der Waals surface area (Å²) in [6.45, 7) is 2.02. The minimum atomic E-state index is -0.427. The molecule has 4 heterocycles. The first kappa shape index (κ1) is 17.4. The Bertz CT molecular complexity index is 1230. The number of nitrogens with zero attached hydrogens (tertiary/aromatic N) is 3. The molecule has 150 valence electrons. The number of hydrogen-bond acceptors (Lipinski definition) is 5. The summed E-state index contributed by atoms with van der Waals surface area (Å²) in [5.41, 5.74) is 12.2. The van der Waals surface area contributed by atoms with Crippen molar-refractivity contribution in [2.45, 2.75) is 38.4 Å². The maximum Gasteiger partial charge on any atom is 0.248 e. The van der Waals surface area contributed by atoms with Crippen molar-refractivity contribution < 1.29 is 4.79 Å². The number of carbonyl (C=O) groups excluding carboxylic acids is 1. The Morgan fingerprint density at radius 1 is 1.20 bits per heavy atom. The highest BCUT2D eigenvalue weighted by Crippen LogP contribution is 2.51. The van der Waals surface area contributed by atoms with E-state index in [1.165, 1.54) is 25.0 Å². The van der Waals surface area contributed by atoms with Crippen LogP contribution in [0.1, 0.15) is 46.6 Å². The molecule has 3 aliphatic rings. The molecule has 1 saturated carbocycles. The Balaban J connectivity index is 1.62.